The van der Waals surface area contributed by atoms with Gasteiger partial charge in [0, 0.05) is 21.1 Å². The Morgan fingerprint density at radius 3 is 2.04 bits per heavy atom. The molecule has 0 bridgehead atoms. The van der Waals surface area contributed by atoms with Crippen molar-refractivity contribution in [2.75, 3.05) is 0 Å². The Labute approximate surface area is 270 Å². The zero-order chi connectivity index (χ0) is 30.3. The summed E-state index contributed by atoms with van der Waals surface area (Å²) in [5.41, 5.74) is 12.1. The standard InChI is InChI=1S/C42H29BrN2/c1-42(2)35-17-9-8-14-29(35)32-24-34-33(25-36(32)42)39(30-15-6-7-16-31(30)40(34)43)26-20-22-27(23-21-26)41-44-37-18-10-11-19-38(37)45(41)28-12-4-3-5-13-28/h3-25H,1-2H3. The summed E-state index contributed by atoms with van der Waals surface area (Å²) in [5.74, 6) is 0.941. The van der Waals surface area contributed by atoms with Crippen molar-refractivity contribution in [3.8, 4) is 39.3 Å². The second-order valence-corrected chi connectivity index (χ2v) is 13.3. The summed E-state index contributed by atoms with van der Waals surface area (Å²) in [4.78, 5) is 5.10. The highest BCUT2D eigenvalue weighted by molar-refractivity contribution is 9.10. The molecule has 0 spiro atoms. The zero-order valence-electron chi connectivity index (χ0n) is 25.1. The van der Waals surface area contributed by atoms with Gasteiger partial charge in [0.1, 0.15) is 5.82 Å². The number of halogens is 1. The highest BCUT2D eigenvalue weighted by Gasteiger charge is 2.36. The lowest BCUT2D eigenvalue weighted by molar-refractivity contribution is 0.661. The summed E-state index contributed by atoms with van der Waals surface area (Å²) in [6, 6.07) is 50.4. The Kier molecular flexibility index (Phi) is 5.73. The summed E-state index contributed by atoms with van der Waals surface area (Å²) >= 11 is 4.04. The van der Waals surface area contributed by atoms with Crippen molar-refractivity contribution < 1.29 is 0 Å². The van der Waals surface area contributed by atoms with E-state index in [0.717, 1.165) is 32.6 Å². The van der Waals surface area contributed by atoms with Crippen molar-refractivity contribution in [1.29, 1.82) is 0 Å². The number of aromatic nitrogens is 2. The Bertz CT molecular complexity index is 2450. The molecule has 45 heavy (non-hydrogen) atoms. The molecule has 0 aliphatic heterocycles. The highest BCUT2D eigenvalue weighted by atomic mass is 79.9. The van der Waals surface area contributed by atoms with Crippen molar-refractivity contribution in [1.82, 2.24) is 9.55 Å². The first-order valence-electron chi connectivity index (χ1n) is 15.4. The summed E-state index contributed by atoms with van der Waals surface area (Å²) in [6.45, 7) is 4.71. The fraction of sp³-hybridized carbons (Fsp3) is 0.0714. The van der Waals surface area contributed by atoms with E-state index < -0.39 is 0 Å². The highest BCUT2D eigenvalue weighted by Crippen LogP contribution is 2.52. The maximum absolute atomic E-state index is 5.10. The number of rotatable bonds is 3. The quantitative estimate of drug-likeness (QED) is 0.176. The van der Waals surface area contributed by atoms with E-state index in [4.69, 9.17) is 4.98 Å². The van der Waals surface area contributed by atoms with Gasteiger partial charge in [0.15, 0.2) is 0 Å². The lowest BCUT2D eigenvalue weighted by Gasteiger charge is -2.23. The van der Waals surface area contributed by atoms with Gasteiger partial charge in [-0.15, -0.1) is 0 Å². The number of nitrogens with zero attached hydrogens (tertiary/aromatic N) is 2. The molecule has 7 aromatic carbocycles. The van der Waals surface area contributed by atoms with Gasteiger partial charge in [-0.05, 0) is 107 Å². The first kappa shape index (κ1) is 26.4. The Morgan fingerprint density at radius 1 is 0.556 bits per heavy atom. The van der Waals surface area contributed by atoms with Crippen LogP contribution in [0.25, 0.3) is 71.9 Å². The summed E-state index contributed by atoms with van der Waals surface area (Å²) in [6.07, 6.45) is 0. The van der Waals surface area contributed by atoms with Crippen LogP contribution in [-0.2, 0) is 5.41 Å². The number of hydrogen-bond acceptors (Lipinski definition) is 1. The summed E-state index contributed by atoms with van der Waals surface area (Å²) in [5, 5.41) is 4.98. The largest absolute Gasteiger partial charge is 0.292 e. The molecule has 1 heterocycles. The van der Waals surface area contributed by atoms with Crippen molar-refractivity contribution in [2.45, 2.75) is 19.3 Å². The SMILES string of the molecule is CC1(C)c2ccccc2-c2cc3c(Br)c4ccccc4c(-c4ccc(-c5nc6ccccc6n5-c5ccccc5)cc4)c3cc21. The van der Waals surface area contributed by atoms with E-state index in [1.807, 2.05) is 0 Å². The van der Waals surface area contributed by atoms with Crippen LogP contribution < -0.4 is 0 Å². The van der Waals surface area contributed by atoms with E-state index in [0.29, 0.717) is 0 Å². The van der Waals surface area contributed by atoms with Crippen molar-refractivity contribution in [3.63, 3.8) is 0 Å². The van der Waals surface area contributed by atoms with Gasteiger partial charge in [-0.2, -0.15) is 0 Å². The third kappa shape index (κ3) is 3.84. The minimum atomic E-state index is -0.0735. The van der Waals surface area contributed by atoms with Crippen LogP contribution in [0.4, 0.5) is 0 Å². The normalized spacial score (nSPS) is 13.4. The topological polar surface area (TPSA) is 17.8 Å². The molecular formula is C42H29BrN2. The van der Waals surface area contributed by atoms with E-state index in [-0.39, 0.29) is 5.41 Å². The molecule has 0 radical (unpaired) electrons. The van der Waals surface area contributed by atoms with Crippen molar-refractivity contribution in [2.24, 2.45) is 0 Å². The molecule has 1 aliphatic carbocycles. The molecule has 0 atom stereocenters. The van der Waals surface area contributed by atoms with Gasteiger partial charge in [0.2, 0.25) is 0 Å². The van der Waals surface area contributed by atoms with Crippen LogP contribution in [0.15, 0.2) is 144 Å². The zero-order valence-corrected chi connectivity index (χ0v) is 26.6. The summed E-state index contributed by atoms with van der Waals surface area (Å²) < 4.78 is 3.41. The maximum atomic E-state index is 5.10. The van der Waals surface area contributed by atoms with E-state index in [1.54, 1.807) is 0 Å². The molecule has 1 aliphatic rings. The third-order valence-electron chi connectivity index (χ3n) is 9.67. The Morgan fingerprint density at radius 2 is 1.22 bits per heavy atom. The molecule has 1 aromatic heterocycles. The minimum absolute atomic E-state index is 0.0735. The molecule has 0 N–H and O–H groups in total. The van der Waals surface area contributed by atoms with Crippen LogP contribution in [0.5, 0.6) is 0 Å². The smallest absolute Gasteiger partial charge is 0.145 e. The first-order valence-corrected chi connectivity index (χ1v) is 16.2. The predicted molar refractivity (Wildman–Crippen MR) is 192 cm³/mol. The van der Waals surface area contributed by atoms with E-state index in [1.165, 1.54) is 54.9 Å². The van der Waals surface area contributed by atoms with Gasteiger partial charge in [-0.3, -0.25) is 4.57 Å². The fourth-order valence-corrected chi connectivity index (χ4v) is 8.15. The molecule has 8 aromatic rings. The average molecular weight is 642 g/mol. The van der Waals surface area contributed by atoms with Crippen LogP contribution >= 0.6 is 15.9 Å². The van der Waals surface area contributed by atoms with E-state index in [9.17, 15) is 0 Å². The summed E-state index contributed by atoms with van der Waals surface area (Å²) in [7, 11) is 0. The lowest BCUT2D eigenvalue weighted by atomic mass is 9.81. The van der Waals surface area contributed by atoms with E-state index in [2.05, 4.69) is 174 Å². The monoisotopic (exact) mass is 640 g/mol. The lowest BCUT2D eigenvalue weighted by Crippen LogP contribution is -2.14. The fourth-order valence-electron chi connectivity index (χ4n) is 7.47. The van der Waals surface area contributed by atoms with Gasteiger partial charge in [-0.1, -0.05) is 117 Å². The predicted octanol–water partition coefficient (Wildman–Crippen LogP) is 11.7. The van der Waals surface area contributed by atoms with Crippen LogP contribution in [0.3, 0.4) is 0 Å². The van der Waals surface area contributed by atoms with Crippen molar-refractivity contribution >= 4 is 48.5 Å². The average Bonchev–Trinajstić information content (AvgIpc) is 3.58. The van der Waals surface area contributed by atoms with E-state index >= 15 is 0 Å². The second kappa shape index (κ2) is 9.76. The maximum Gasteiger partial charge on any atom is 0.145 e. The molecule has 0 amide bonds. The molecule has 0 saturated carbocycles. The molecule has 0 fully saturated rings. The molecule has 214 valence electrons. The number of hydrogen-bond donors (Lipinski definition) is 0. The van der Waals surface area contributed by atoms with Crippen LogP contribution in [-0.4, -0.2) is 9.55 Å². The number of benzene rings is 7. The van der Waals surface area contributed by atoms with Crippen molar-refractivity contribution in [3.05, 3.63) is 155 Å². The third-order valence-corrected chi connectivity index (χ3v) is 10.5. The second-order valence-electron chi connectivity index (χ2n) is 12.5. The van der Waals surface area contributed by atoms with Gasteiger partial charge in [0.25, 0.3) is 0 Å². The first-order chi connectivity index (χ1) is 22.0. The van der Waals surface area contributed by atoms with Crippen LogP contribution in [0.1, 0.15) is 25.0 Å². The Hall–Kier alpha value is -4.99. The van der Waals surface area contributed by atoms with Gasteiger partial charge < -0.3 is 0 Å². The van der Waals surface area contributed by atoms with Gasteiger partial charge in [0.05, 0.1) is 11.0 Å². The molecule has 0 unspecified atom stereocenters. The number of imidazole rings is 1. The molecule has 9 rings (SSSR count). The number of para-hydroxylation sites is 3. The molecule has 0 saturated heterocycles. The minimum Gasteiger partial charge on any atom is -0.292 e. The van der Waals surface area contributed by atoms with Gasteiger partial charge in [-0.25, -0.2) is 4.98 Å². The number of fused-ring (bicyclic) bond motifs is 6. The van der Waals surface area contributed by atoms with Gasteiger partial charge >= 0.3 is 0 Å². The molecule has 2 nitrogen and oxygen atoms in total. The Balaban J connectivity index is 1.28. The molecular weight excluding hydrogens is 612 g/mol. The van der Waals surface area contributed by atoms with Crippen LogP contribution in [0, 0.1) is 0 Å². The van der Waals surface area contributed by atoms with Crippen LogP contribution in [0.2, 0.25) is 0 Å². The molecule has 3 heteroatoms.